The summed E-state index contributed by atoms with van der Waals surface area (Å²) in [5.41, 5.74) is 0.655. The van der Waals surface area contributed by atoms with Gasteiger partial charge in [0.15, 0.2) is 5.11 Å². The summed E-state index contributed by atoms with van der Waals surface area (Å²) in [6, 6.07) is 4.37. The van der Waals surface area contributed by atoms with Crippen LogP contribution in [0.15, 0.2) is 18.2 Å². The Morgan fingerprint density at radius 3 is 2.84 bits per heavy atom. The van der Waals surface area contributed by atoms with Gasteiger partial charge in [-0.2, -0.15) is 0 Å². The Balaban J connectivity index is 2.25. The maximum absolute atomic E-state index is 13.0. The predicted octanol–water partition coefficient (Wildman–Crippen LogP) is 3.58. The van der Waals surface area contributed by atoms with E-state index in [2.05, 4.69) is 10.6 Å². The Kier molecular flexibility index (Phi) is 7.05. The molecule has 0 aliphatic carbocycles. The van der Waals surface area contributed by atoms with Crippen LogP contribution in [0.25, 0.3) is 0 Å². The minimum Gasteiger partial charge on any atom is -0.379 e. The van der Waals surface area contributed by atoms with E-state index < -0.39 is 5.82 Å². The maximum atomic E-state index is 13.0. The molecule has 0 aliphatic rings. The van der Waals surface area contributed by atoms with Gasteiger partial charge in [-0.15, -0.1) is 0 Å². The molecule has 3 nitrogen and oxygen atoms in total. The van der Waals surface area contributed by atoms with E-state index in [9.17, 15) is 4.39 Å². The quantitative estimate of drug-likeness (QED) is 0.622. The fourth-order valence-electron chi connectivity index (χ4n) is 1.34. The van der Waals surface area contributed by atoms with E-state index in [0.29, 0.717) is 24.0 Å². The molecule has 19 heavy (non-hydrogen) atoms. The van der Waals surface area contributed by atoms with Crippen molar-refractivity contribution < 1.29 is 9.13 Å². The second kappa shape index (κ2) is 8.30. The van der Waals surface area contributed by atoms with Crippen molar-refractivity contribution in [2.75, 3.05) is 18.5 Å². The first-order valence-electron chi connectivity index (χ1n) is 6.10. The Hall–Kier alpha value is -0.910. The topological polar surface area (TPSA) is 33.3 Å². The molecule has 2 N–H and O–H groups in total. The fraction of sp³-hybridized carbons (Fsp3) is 0.462. The van der Waals surface area contributed by atoms with Crippen LogP contribution in [0.3, 0.4) is 0 Å². The van der Waals surface area contributed by atoms with Gasteiger partial charge in [0.2, 0.25) is 0 Å². The van der Waals surface area contributed by atoms with Crippen LogP contribution in [0.1, 0.15) is 20.3 Å². The van der Waals surface area contributed by atoms with E-state index in [4.69, 9.17) is 28.6 Å². The lowest BCUT2D eigenvalue weighted by Gasteiger charge is -2.11. The zero-order valence-electron chi connectivity index (χ0n) is 11.0. The molecule has 0 bridgehead atoms. The van der Waals surface area contributed by atoms with Gasteiger partial charge in [-0.05, 0) is 50.7 Å². The van der Waals surface area contributed by atoms with Crippen LogP contribution >= 0.6 is 23.8 Å². The normalized spacial score (nSPS) is 10.6. The third-order valence-electron chi connectivity index (χ3n) is 2.24. The summed E-state index contributed by atoms with van der Waals surface area (Å²) in [4.78, 5) is 0. The van der Waals surface area contributed by atoms with Crippen molar-refractivity contribution in [1.29, 1.82) is 0 Å². The Morgan fingerprint density at radius 1 is 1.47 bits per heavy atom. The van der Waals surface area contributed by atoms with Gasteiger partial charge < -0.3 is 15.4 Å². The smallest absolute Gasteiger partial charge is 0.170 e. The molecule has 1 aromatic carbocycles. The first-order valence-corrected chi connectivity index (χ1v) is 6.89. The summed E-state index contributed by atoms with van der Waals surface area (Å²) in [5.74, 6) is -0.447. The zero-order valence-corrected chi connectivity index (χ0v) is 12.6. The lowest BCUT2D eigenvalue weighted by Crippen LogP contribution is -2.30. The molecule has 0 saturated carbocycles. The fourth-order valence-corrected chi connectivity index (χ4v) is 1.74. The molecule has 0 aliphatic heterocycles. The average molecular weight is 305 g/mol. The molecule has 0 fully saturated rings. The first kappa shape index (κ1) is 16.1. The molecule has 106 valence electrons. The number of ether oxygens (including phenoxy) is 1. The maximum Gasteiger partial charge on any atom is 0.170 e. The molecule has 0 heterocycles. The molecule has 0 unspecified atom stereocenters. The SMILES string of the molecule is CC(C)OCCCNC(=S)Nc1ccc(F)c(Cl)c1. The van der Waals surface area contributed by atoms with Gasteiger partial charge >= 0.3 is 0 Å². The van der Waals surface area contributed by atoms with Crippen molar-refractivity contribution in [1.82, 2.24) is 5.32 Å². The molecule has 0 amide bonds. The second-order valence-electron chi connectivity index (χ2n) is 4.28. The van der Waals surface area contributed by atoms with E-state index in [1.807, 2.05) is 13.8 Å². The molecule has 0 spiro atoms. The molecular weight excluding hydrogens is 287 g/mol. The summed E-state index contributed by atoms with van der Waals surface area (Å²) in [5, 5.41) is 6.53. The second-order valence-corrected chi connectivity index (χ2v) is 5.10. The van der Waals surface area contributed by atoms with E-state index >= 15 is 0 Å². The van der Waals surface area contributed by atoms with Gasteiger partial charge in [0, 0.05) is 18.8 Å². The van der Waals surface area contributed by atoms with Crippen LogP contribution in [0.4, 0.5) is 10.1 Å². The molecule has 0 radical (unpaired) electrons. The summed E-state index contributed by atoms with van der Waals surface area (Å²) in [6.45, 7) is 5.40. The summed E-state index contributed by atoms with van der Waals surface area (Å²) < 4.78 is 18.4. The van der Waals surface area contributed by atoms with E-state index in [-0.39, 0.29) is 11.1 Å². The summed E-state index contributed by atoms with van der Waals surface area (Å²) in [7, 11) is 0. The van der Waals surface area contributed by atoms with E-state index in [0.717, 1.165) is 6.42 Å². The highest BCUT2D eigenvalue weighted by atomic mass is 35.5. The van der Waals surface area contributed by atoms with Crippen molar-refractivity contribution >= 4 is 34.6 Å². The van der Waals surface area contributed by atoms with Gasteiger partial charge in [-0.1, -0.05) is 11.6 Å². The average Bonchev–Trinajstić information content (AvgIpc) is 2.33. The molecule has 0 saturated heterocycles. The van der Waals surface area contributed by atoms with Gasteiger partial charge in [0.25, 0.3) is 0 Å². The van der Waals surface area contributed by atoms with Crippen LogP contribution in [0.5, 0.6) is 0 Å². The number of anilines is 1. The number of rotatable bonds is 6. The molecule has 1 aromatic rings. The van der Waals surface area contributed by atoms with Gasteiger partial charge in [-0.25, -0.2) is 4.39 Å². The number of hydrogen-bond donors (Lipinski definition) is 2. The third-order valence-corrected chi connectivity index (χ3v) is 2.77. The third kappa shape index (κ3) is 6.71. The minimum absolute atomic E-state index is 0.0677. The zero-order chi connectivity index (χ0) is 14.3. The van der Waals surface area contributed by atoms with Gasteiger partial charge in [0.1, 0.15) is 5.82 Å². The van der Waals surface area contributed by atoms with E-state index in [1.165, 1.54) is 12.1 Å². The minimum atomic E-state index is -0.447. The van der Waals surface area contributed by atoms with Crippen LogP contribution in [-0.2, 0) is 4.74 Å². The Labute approximate surface area is 123 Å². The summed E-state index contributed by atoms with van der Waals surface area (Å²) >= 11 is 10.8. The molecule has 0 atom stereocenters. The highest BCUT2D eigenvalue weighted by molar-refractivity contribution is 7.80. The van der Waals surface area contributed by atoms with Crippen LogP contribution in [-0.4, -0.2) is 24.4 Å². The van der Waals surface area contributed by atoms with E-state index in [1.54, 1.807) is 6.07 Å². The highest BCUT2D eigenvalue weighted by Crippen LogP contribution is 2.19. The molecular formula is C13H18ClFN2OS. The number of hydrogen-bond acceptors (Lipinski definition) is 2. The summed E-state index contributed by atoms with van der Waals surface area (Å²) in [6.07, 6.45) is 1.11. The molecule has 0 aromatic heterocycles. The van der Waals surface area contributed by atoms with Crippen molar-refractivity contribution in [2.24, 2.45) is 0 Å². The van der Waals surface area contributed by atoms with Crippen molar-refractivity contribution in [2.45, 2.75) is 26.4 Å². The molecule has 1 rings (SSSR count). The van der Waals surface area contributed by atoms with Crippen LogP contribution in [0, 0.1) is 5.82 Å². The van der Waals surface area contributed by atoms with Crippen LogP contribution < -0.4 is 10.6 Å². The van der Waals surface area contributed by atoms with Gasteiger partial charge in [0.05, 0.1) is 11.1 Å². The predicted molar refractivity (Wildman–Crippen MR) is 81.3 cm³/mol. The number of benzene rings is 1. The van der Waals surface area contributed by atoms with Crippen molar-refractivity contribution in [3.63, 3.8) is 0 Å². The van der Waals surface area contributed by atoms with Gasteiger partial charge in [-0.3, -0.25) is 0 Å². The first-order chi connectivity index (χ1) is 8.99. The monoisotopic (exact) mass is 304 g/mol. The number of thiocarbonyl (C=S) groups is 1. The standard InChI is InChI=1S/C13H18ClFN2OS/c1-9(2)18-7-3-6-16-13(19)17-10-4-5-12(15)11(14)8-10/h4-5,8-9H,3,6-7H2,1-2H3,(H2,16,17,19). The Morgan fingerprint density at radius 2 is 2.21 bits per heavy atom. The van der Waals surface area contributed by atoms with Crippen molar-refractivity contribution in [3.8, 4) is 0 Å². The lowest BCUT2D eigenvalue weighted by atomic mass is 10.3. The largest absolute Gasteiger partial charge is 0.379 e. The molecule has 6 heteroatoms. The Bertz CT molecular complexity index is 429. The lowest BCUT2D eigenvalue weighted by molar-refractivity contribution is 0.0777. The number of nitrogens with one attached hydrogen (secondary N) is 2. The van der Waals surface area contributed by atoms with Crippen LogP contribution in [0.2, 0.25) is 5.02 Å². The van der Waals surface area contributed by atoms with Crippen molar-refractivity contribution in [3.05, 3.63) is 29.0 Å². The highest BCUT2D eigenvalue weighted by Gasteiger charge is 2.02. The number of halogens is 2.